The lowest BCUT2D eigenvalue weighted by Crippen LogP contribution is -2.60. The molecule has 446 valence electrons. The maximum Gasteiger partial charge on any atom is 0.317 e. The molecule has 75 heavy (non-hydrogen) atoms. The molecule has 12 unspecified atom stereocenters. The van der Waals surface area contributed by atoms with E-state index in [1.807, 2.05) is 0 Å². The average molecular weight is 1370 g/mol. The van der Waals surface area contributed by atoms with E-state index in [1.54, 1.807) is 0 Å². The summed E-state index contributed by atoms with van der Waals surface area (Å²) in [7, 11) is -39.0. The smallest absolute Gasteiger partial charge is 0.317 e. The normalized spacial score (nSPS) is 33.8. The molecule has 0 aromatic heterocycles. The molecule has 12 atom stereocenters. The molecule has 0 spiro atoms. The molecule has 3 saturated heterocycles. The first kappa shape index (κ1) is 72.5. The van der Waals surface area contributed by atoms with Gasteiger partial charge in [0.15, 0.2) is 33.3 Å². The molecule has 0 aromatic carbocycles. The van der Waals surface area contributed by atoms with Crippen LogP contribution >= 0.6 is 0 Å². The lowest BCUT2D eigenvalue weighted by molar-refractivity contribution is 0.251. The highest BCUT2D eigenvalue weighted by molar-refractivity contribution is 6.92. The van der Waals surface area contributed by atoms with Crippen LogP contribution < -0.4 is 0 Å². The molecular weight excluding hydrogens is 1250 g/mol. The first-order valence-corrected chi connectivity index (χ1v) is 73.1. The van der Waals surface area contributed by atoms with Crippen molar-refractivity contribution in [2.24, 2.45) is 0 Å². The summed E-state index contributed by atoms with van der Waals surface area (Å²) >= 11 is 0. The Labute approximate surface area is 484 Å². The fourth-order valence-electron chi connectivity index (χ4n) is 11.0. The monoisotopic (exact) mass is 1370 g/mol. The molecule has 3 aliphatic heterocycles. The van der Waals surface area contributed by atoms with Crippen LogP contribution in [0.15, 0.2) is 0 Å². The van der Waals surface area contributed by atoms with Gasteiger partial charge in [-0.05, 0) is 204 Å². The van der Waals surface area contributed by atoms with Gasteiger partial charge in [-0.25, -0.2) is 0 Å². The Balaban J connectivity index is 1.61. The number of hydrogen-bond acceptors (Lipinski definition) is 16. The van der Waals surface area contributed by atoms with E-state index in [4.69, 9.17) is 65.8 Å². The van der Waals surface area contributed by atoms with Crippen molar-refractivity contribution >= 4 is 159 Å². The molecule has 0 bridgehead atoms. The molecule has 0 aliphatic carbocycles. The molecule has 34 heteroatoms. The van der Waals surface area contributed by atoms with Crippen LogP contribution in [0.3, 0.4) is 0 Å². The Bertz CT molecular complexity index is 1690. The second-order valence-electron chi connectivity index (χ2n) is 25.8. The standard InChI is InChI=1S/C41H114O16Si18/c1-25-28-34-72(21)47-60(6)42-58(4)44-63(50-72)31-37-66(9,10)53-70(17,18)54-68(13,14)39-33-65-46-62(8)49-75(24,57-74(23,52-65)36-30-27-3)41-40-69(15,16)56-71(19,20)55-67(11,12)38-32-64-45-59(5)43-61(7)48-73(22,51-64)35-29-26-2/h58-65H,25-41H2,1-24H3. The van der Waals surface area contributed by atoms with E-state index in [0.717, 1.165) is 105 Å². The molecule has 0 amide bonds. The molecule has 16 nitrogen and oxygen atoms in total. The summed E-state index contributed by atoms with van der Waals surface area (Å²) in [6.45, 7) is 54.1. The van der Waals surface area contributed by atoms with Crippen molar-refractivity contribution in [1.29, 1.82) is 0 Å². The largest absolute Gasteiger partial charge is 0.437 e. The zero-order valence-corrected chi connectivity index (χ0v) is 71.4. The van der Waals surface area contributed by atoms with Crippen molar-refractivity contribution in [3.8, 4) is 0 Å². The molecule has 0 N–H and O–H groups in total. The number of rotatable bonds is 29. The van der Waals surface area contributed by atoms with Gasteiger partial charge in [0.25, 0.3) is 46.4 Å². The molecule has 3 heterocycles. The van der Waals surface area contributed by atoms with Crippen LogP contribution in [0.1, 0.15) is 59.3 Å². The number of unbranched alkanes of at least 4 members (excludes halogenated alkanes) is 3. The summed E-state index contributed by atoms with van der Waals surface area (Å²) < 4.78 is 111. The Morgan fingerprint density at radius 1 is 0.333 bits per heavy atom. The highest BCUT2D eigenvalue weighted by Gasteiger charge is 2.51. The lowest BCUT2D eigenvalue weighted by Gasteiger charge is -2.45. The quantitative estimate of drug-likeness (QED) is 0.0654. The maximum absolute atomic E-state index is 7.41. The zero-order chi connectivity index (χ0) is 57.0. The van der Waals surface area contributed by atoms with Crippen molar-refractivity contribution in [3.05, 3.63) is 0 Å². The second kappa shape index (κ2) is 31.1. The summed E-state index contributed by atoms with van der Waals surface area (Å²) in [6.07, 6.45) is 6.64. The summed E-state index contributed by atoms with van der Waals surface area (Å²) in [5.74, 6) is 0. The van der Waals surface area contributed by atoms with E-state index in [2.05, 4.69) is 158 Å². The van der Waals surface area contributed by atoms with Crippen LogP contribution in [0.5, 0.6) is 0 Å². The highest BCUT2D eigenvalue weighted by atomic mass is 28.5. The number of hydrogen-bond donors (Lipinski definition) is 0. The summed E-state index contributed by atoms with van der Waals surface area (Å²) in [6, 6.07) is 10.4. The molecular formula is C41H114O16Si18. The van der Waals surface area contributed by atoms with Gasteiger partial charge in [0.1, 0.15) is 0 Å². The Morgan fingerprint density at radius 2 is 0.600 bits per heavy atom. The van der Waals surface area contributed by atoms with Gasteiger partial charge in [-0.1, -0.05) is 59.3 Å². The van der Waals surface area contributed by atoms with Gasteiger partial charge >= 0.3 is 79.2 Å². The average Bonchev–Trinajstić information content (AvgIpc) is 3.20. The van der Waals surface area contributed by atoms with E-state index in [0.29, 0.717) is 0 Å². The summed E-state index contributed by atoms with van der Waals surface area (Å²) in [5, 5.41) is 0. The van der Waals surface area contributed by atoms with Crippen LogP contribution in [0.25, 0.3) is 0 Å². The van der Waals surface area contributed by atoms with E-state index in [1.165, 1.54) is 0 Å². The third-order valence-electron chi connectivity index (χ3n) is 13.8. The fourth-order valence-corrected chi connectivity index (χ4v) is 97.0. The third kappa shape index (κ3) is 28.8. The second-order valence-corrected chi connectivity index (χ2v) is 83.7. The van der Waals surface area contributed by atoms with Gasteiger partial charge < -0.3 is 65.8 Å². The zero-order valence-electron chi connectivity index (χ0n) is 52.2. The van der Waals surface area contributed by atoms with E-state index >= 15 is 0 Å². The Hall–Kier alpha value is 3.26. The van der Waals surface area contributed by atoms with E-state index in [9.17, 15) is 0 Å². The van der Waals surface area contributed by atoms with Gasteiger partial charge in [-0.15, -0.1) is 0 Å². The van der Waals surface area contributed by atoms with Crippen molar-refractivity contribution in [1.82, 2.24) is 0 Å². The van der Waals surface area contributed by atoms with Crippen LogP contribution in [-0.4, -0.2) is 159 Å². The van der Waals surface area contributed by atoms with E-state index in [-0.39, 0.29) is 0 Å². The third-order valence-corrected chi connectivity index (χ3v) is 82.8. The van der Waals surface area contributed by atoms with Crippen LogP contribution in [0.2, 0.25) is 204 Å². The van der Waals surface area contributed by atoms with Gasteiger partial charge in [0.05, 0.1) is 0 Å². The summed E-state index contributed by atoms with van der Waals surface area (Å²) in [4.78, 5) is 0. The minimum atomic E-state index is -2.70. The lowest BCUT2D eigenvalue weighted by atomic mass is 10.4. The molecule has 0 aromatic rings. The van der Waals surface area contributed by atoms with Gasteiger partial charge in [0.2, 0.25) is 0 Å². The minimum Gasteiger partial charge on any atom is -0.437 e. The van der Waals surface area contributed by atoms with Gasteiger partial charge in [0, 0.05) is 0 Å². The maximum atomic E-state index is 7.41. The molecule has 3 fully saturated rings. The van der Waals surface area contributed by atoms with Crippen molar-refractivity contribution in [2.75, 3.05) is 0 Å². The molecule has 3 rings (SSSR count). The van der Waals surface area contributed by atoms with Crippen molar-refractivity contribution < 1.29 is 65.8 Å². The summed E-state index contributed by atoms with van der Waals surface area (Å²) in [5.41, 5.74) is 0. The van der Waals surface area contributed by atoms with Crippen molar-refractivity contribution in [3.63, 3.8) is 0 Å². The predicted octanol–water partition coefficient (Wildman–Crippen LogP) is 11.1. The Morgan fingerprint density at radius 3 is 0.947 bits per heavy atom. The first-order chi connectivity index (χ1) is 34.3. The SMILES string of the molecule is CCCC[Si]1(C)O[SiH](C)O[SiH](C)O[SiH](CC[Si](C)(C)O[Si](C)(C)O[Si](C)(C)CC[SiH]2O[SiH](C)O[Si](C)(CC[Si](C)(C)O[Si](C)(C)O[Si](C)(C)CC[SiH]3O[SiH](C)O[SiH](C)O[Si](C)(CCCC)O3)O[Si](C)(CCCC)O2)O1. The molecule has 0 saturated carbocycles. The minimum absolute atomic E-state index is 0.860. The highest BCUT2D eigenvalue weighted by Crippen LogP contribution is 2.36. The first-order valence-electron chi connectivity index (χ1n) is 29.1. The predicted molar refractivity (Wildman–Crippen MR) is 353 cm³/mol. The topological polar surface area (TPSA) is 148 Å². The van der Waals surface area contributed by atoms with E-state index < -0.39 is 159 Å². The molecule has 0 radical (unpaired) electrons. The van der Waals surface area contributed by atoms with Crippen molar-refractivity contribution in [2.45, 2.75) is 263 Å². The Kier molecular flexibility index (Phi) is 30.0. The van der Waals surface area contributed by atoms with Gasteiger partial charge in [-0.3, -0.25) is 0 Å². The molecule has 3 aliphatic rings. The van der Waals surface area contributed by atoms with Crippen LogP contribution in [-0.2, 0) is 65.8 Å². The van der Waals surface area contributed by atoms with Crippen LogP contribution in [0, 0.1) is 0 Å². The van der Waals surface area contributed by atoms with Gasteiger partial charge in [-0.2, -0.15) is 0 Å². The fraction of sp³-hybridized carbons (Fsp3) is 1.00. The van der Waals surface area contributed by atoms with Crippen LogP contribution in [0.4, 0.5) is 0 Å².